The molecular formula is C14H12N2O4. The summed E-state index contributed by atoms with van der Waals surface area (Å²) in [4.78, 5) is 22.2. The van der Waals surface area contributed by atoms with Gasteiger partial charge in [-0.1, -0.05) is 24.3 Å². The molecule has 0 atom stereocenters. The van der Waals surface area contributed by atoms with Gasteiger partial charge in [0.1, 0.15) is 11.3 Å². The number of para-hydroxylation sites is 1. The van der Waals surface area contributed by atoms with Gasteiger partial charge in [-0.15, -0.1) is 0 Å². The van der Waals surface area contributed by atoms with Crippen molar-refractivity contribution in [2.45, 2.75) is 6.54 Å². The molecule has 0 radical (unpaired) electrons. The molecule has 2 aromatic carbocycles. The van der Waals surface area contributed by atoms with Crippen LogP contribution < -0.4 is 5.32 Å². The molecule has 0 spiro atoms. The maximum Gasteiger partial charge on any atom is 0.282 e. The number of hydrogen-bond acceptors (Lipinski definition) is 4. The fraction of sp³-hybridized carbons (Fsp3) is 0.0714. The Morgan fingerprint density at radius 3 is 2.65 bits per heavy atom. The maximum absolute atomic E-state index is 12.0. The van der Waals surface area contributed by atoms with E-state index < -0.39 is 10.8 Å². The minimum atomic E-state index is -0.594. The third-order valence-electron chi connectivity index (χ3n) is 2.71. The lowest BCUT2D eigenvalue weighted by Gasteiger charge is -2.06. The van der Waals surface area contributed by atoms with Crippen molar-refractivity contribution >= 4 is 11.6 Å². The van der Waals surface area contributed by atoms with E-state index in [1.54, 1.807) is 18.2 Å². The second-order valence-corrected chi connectivity index (χ2v) is 4.13. The predicted octanol–water partition coefficient (Wildman–Crippen LogP) is 2.23. The van der Waals surface area contributed by atoms with Crippen molar-refractivity contribution in [2.75, 3.05) is 0 Å². The van der Waals surface area contributed by atoms with Crippen molar-refractivity contribution in [1.82, 2.24) is 5.32 Å². The largest absolute Gasteiger partial charge is 0.508 e. The van der Waals surface area contributed by atoms with E-state index in [0.717, 1.165) is 0 Å². The minimum Gasteiger partial charge on any atom is -0.508 e. The van der Waals surface area contributed by atoms with E-state index in [0.29, 0.717) is 5.56 Å². The van der Waals surface area contributed by atoms with Crippen molar-refractivity contribution in [3.05, 3.63) is 69.8 Å². The van der Waals surface area contributed by atoms with Gasteiger partial charge in [-0.3, -0.25) is 14.9 Å². The normalized spacial score (nSPS) is 10.0. The van der Waals surface area contributed by atoms with Crippen LogP contribution in [-0.2, 0) is 6.54 Å². The number of carbonyl (C=O) groups is 1. The van der Waals surface area contributed by atoms with Gasteiger partial charge < -0.3 is 10.4 Å². The van der Waals surface area contributed by atoms with Crippen molar-refractivity contribution < 1.29 is 14.8 Å². The van der Waals surface area contributed by atoms with Crippen molar-refractivity contribution in [1.29, 1.82) is 0 Å². The number of nitrogens with zero attached hydrogens (tertiary/aromatic N) is 1. The van der Waals surface area contributed by atoms with E-state index in [4.69, 9.17) is 0 Å². The van der Waals surface area contributed by atoms with Crippen LogP contribution >= 0.6 is 0 Å². The van der Waals surface area contributed by atoms with E-state index >= 15 is 0 Å². The lowest BCUT2D eigenvalue weighted by Crippen LogP contribution is -2.23. The van der Waals surface area contributed by atoms with Gasteiger partial charge >= 0.3 is 0 Å². The molecule has 1 amide bonds. The summed E-state index contributed by atoms with van der Waals surface area (Å²) in [5, 5.41) is 22.7. The quantitative estimate of drug-likeness (QED) is 0.659. The van der Waals surface area contributed by atoms with E-state index in [1.165, 1.54) is 30.3 Å². The molecule has 6 heteroatoms. The van der Waals surface area contributed by atoms with Gasteiger partial charge in [0, 0.05) is 12.6 Å². The molecule has 0 saturated carbocycles. The third kappa shape index (κ3) is 3.11. The smallest absolute Gasteiger partial charge is 0.282 e. The number of carbonyl (C=O) groups excluding carboxylic acids is 1. The van der Waals surface area contributed by atoms with Crippen LogP contribution in [0.15, 0.2) is 48.5 Å². The Labute approximate surface area is 114 Å². The summed E-state index contributed by atoms with van der Waals surface area (Å²) >= 11 is 0. The molecule has 0 saturated heterocycles. The van der Waals surface area contributed by atoms with Crippen LogP contribution in [0, 0.1) is 10.1 Å². The Morgan fingerprint density at radius 1 is 1.20 bits per heavy atom. The maximum atomic E-state index is 12.0. The highest BCUT2D eigenvalue weighted by atomic mass is 16.6. The van der Waals surface area contributed by atoms with Gasteiger partial charge in [0.05, 0.1) is 4.92 Å². The topological polar surface area (TPSA) is 92.5 Å². The highest BCUT2D eigenvalue weighted by molar-refractivity contribution is 5.98. The van der Waals surface area contributed by atoms with Gasteiger partial charge in [0.15, 0.2) is 0 Å². The van der Waals surface area contributed by atoms with Crippen LogP contribution in [0.3, 0.4) is 0 Å². The van der Waals surface area contributed by atoms with Crippen molar-refractivity contribution in [2.24, 2.45) is 0 Å². The molecule has 0 bridgehead atoms. The molecule has 6 nitrogen and oxygen atoms in total. The summed E-state index contributed by atoms with van der Waals surface area (Å²) in [7, 11) is 0. The summed E-state index contributed by atoms with van der Waals surface area (Å²) in [5.74, 6) is -0.428. The number of hydrogen-bond donors (Lipinski definition) is 2. The number of aromatic hydroxyl groups is 1. The summed E-state index contributed by atoms with van der Waals surface area (Å²) in [5.41, 5.74) is 0.482. The first-order valence-electron chi connectivity index (χ1n) is 5.87. The van der Waals surface area contributed by atoms with Crippen LogP contribution in [0.5, 0.6) is 5.75 Å². The Hall–Kier alpha value is -2.89. The second kappa shape index (κ2) is 5.83. The minimum absolute atomic E-state index is 0.0117. The number of nitro groups is 1. The Balaban J connectivity index is 2.11. The number of amides is 1. The summed E-state index contributed by atoms with van der Waals surface area (Å²) in [6, 6.07) is 12.2. The molecule has 2 N–H and O–H groups in total. The molecule has 102 valence electrons. The molecule has 0 aliphatic heterocycles. The molecule has 0 heterocycles. The Kier molecular flexibility index (Phi) is 3.95. The first-order chi connectivity index (χ1) is 9.58. The number of nitrogens with one attached hydrogen (secondary N) is 1. The van der Waals surface area contributed by atoms with Gasteiger partial charge in [-0.05, 0) is 23.8 Å². The fourth-order valence-corrected chi connectivity index (χ4v) is 1.77. The van der Waals surface area contributed by atoms with E-state index in [2.05, 4.69) is 5.32 Å². The lowest BCUT2D eigenvalue weighted by atomic mass is 10.1. The SMILES string of the molecule is O=C(NCc1cccc(O)c1)c1ccccc1[N+](=O)[O-]. The average molecular weight is 272 g/mol. The zero-order valence-corrected chi connectivity index (χ0v) is 10.4. The molecule has 0 unspecified atom stereocenters. The number of benzene rings is 2. The van der Waals surface area contributed by atoms with Crippen LogP contribution in [0.4, 0.5) is 5.69 Å². The van der Waals surface area contributed by atoms with E-state index in [-0.39, 0.29) is 23.5 Å². The van der Waals surface area contributed by atoms with Gasteiger partial charge in [-0.25, -0.2) is 0 Å². The summed E-state index contributed by atoms with van der Waals surface area (Å²) in [6.07, 6.45) is 0. The predicted molar refractivity (Wildman–Crippen MR) is 72.4 cm³/mol. The van der Waals surface area contributed by atoms with Gasteiger partial charge in [0.2, 0.25) is 0 Å². The first-order valence-corrected chi connectivity index (χ1v) is 5.87. The molecule has 0 aliphatic carbocycles. The second-order valence-electron chi connectivity index (χ2n) is 4.13. The van der Waals surface area contributed by atoms with Crippen molar-refractivity contribution in [3.8, 4) is 5.75 Å². The molecular weight excluding hydrogens is 260 g/mol. The Morgan fingerprint density at radius 2 is 1.95 bits per heavy atom. The average Bonchev–Trinajstić information content (AvgIpc) is 2.45. The lowest BCUT2D eigenvalue weighted by molar-refractivity contribution is -0.385. The standard InChI is InChI=1S/C14H12N2O4/c17-11-5-3-4-10(8-11)9-15-14(18)12-6-1-2-7-13(12)16(19)20/h1-8,17H,9H2,(H,15,18). The third-order valence-corrected chi connectivity index (χ3v) is 2.71. The van der Waals surface area contributed by atoms with Gasteiger partial charge in [-0.2, -0.15) is 0 Å². The van der Waals surface area contributed by atoms with E-state index in [1.807, 2.05) is 0 Å². The number of phenols is 1. The number of nitro benzene ring substituents is 1. The number of rotatable bonds is 4. The van der Waals surface area contributed by atoms with Crippen LogP contribution in [0.1, 0.15) is 15.9 Å². The highest BCUT2D eigenvalue weighted by Crippen LogP contribution is 2.17. The zero-order chi connectivity index (χ0) is 14.5. The monoisotopic (exact) mass is 272 g/mol. The molecule has 0 aliphatic rings. The molecule has 2 aromatic rings. The molecule has 2 rings (SSSR count). The van der Waals surface area contributed by atoms with Crippen LogP contribution in [0.25, 0.3) is 0 Å². The summed E-state index contributed by atoms with van der Waals surface area (Å²) < 4.78 is 0. The fourth-order valence-electron chi connectivity index (χ4n) is 1.77. The van der Waals surface area contributed by atoms with Crippen LogP contribution in [-0.4, -0.2) is 15.9 Å². The summed E-state index contributed by atoms with van der Waals surface area (Å²) in [6.45, 7) is 0.180. The first kappa shape index (κ1) is 13.5. The van der Waals surface area contributed by atoms with Gasteiger partial charge in [0.25, 0.3) is 11.6 Å². The van der Waals surface area contributed by atoms with Crippen molar-refractivity contribution in [3.63, 3.8) is 0 Å². The van der Waals surface area contributed by atoms with Crippen LogP contribution in [0.2, 0.25) is 0 Å². The Bertz CT molecular complexity index is 655. The zero-order valence-electron chi connectivity index (χ0n) is 10.4. The van der Waals surface area contributed by atoms with E-state index in [9.17, 15) is 20.0 Å². The molecule has 0 aromatic heterocycles. The highest BCUT2D eigenvalue weighted by Gasteiger charge is 2.18. The molecule has 0 fully saturated rings. The number of phenolic OH excluding ortho intramolecular Hbond substituents is 1. The molecule has 20 heavy (non-hydrogen) atoms.